The summed E-state index contributed by atoms with van der Waals surface area (Å²) in [6, 6.07) is 21.0. The molecule has 0 saturated carbocycles. The van der Waals surface area contributed by atoms with Crippen LogP contribution in [0.15, 0.2) is 78.4 Å². The van der Waals surface area contributed by atoms with Crippen molar-refractivity contribution in [3.63, 3.8) is 0 Å². The van der Waals surface area contributed by atoms with Crippen molar-refractivity contribution >= 4 is 17.4 Å². The first-order valence-corrected chi connectivity index (χ1v) is 12.8. The van der Waals surface area contributed by atoms with Crippen molar-refractivity contribution < 1.29 is 33.6 Å². The molecule has 1 N–H and O–H groups in total. The van der Waals surface area contributed by atoms with Crippen molar-refractivity contribution in [1.29, 1.82) is 0 Å². The van der Waals surface area contributed by atoms with Gasteiger partial charge in [-0.15, -0.1) is 0 Å². The Hall–Kier alpha value is -4.30. The Morgan fingerprint density at radius 1 is 0.923 bits per heavy atom. The molecule has 3 aromatic rings. The van der Waals surface area contributed by atoms with Gasteiger partial charge in [-0.3, -0.25) is 9.59 Å². The molecule has 0 aliphatic carbocycles. The van der Waals surface area contributed by atoms with Crippen molar-refractivity contribution in [2.24, 2.45) is 0 Å². The minimum absolute atomic E-state index is 0.0154. The van der Waals surface area contributed by atoms with Gasteiger partial charge < -0.3 is 29.0 Å². The van der Waals surface area contributed by atoms with Crippen molar-refractivity contribution in [2.75, 3.05) is 34.0 Å². The number of benzene rings is 3. The molecule has 1 aliphatic rings. The van der Waals surface area contributed by atoms with Crippen LogP contribution in [0.5, 0.6) is 17.2 Å². The molecule has 0 spiro atoms. The van der Waals surface area contributed by atoms with Gasteiger partial charge in [0.1, 0.15) is 18.1 Å². The maximum atomic E-state index is 13.3. The Morgan fingerprint density at radius 2 is 1.67 bits per heavy atom. The summed E-state index contributed by atoms with van der Waals surface area (Å²) in [5.41, 5.74) is 2.07. The number of Topliss-reactive ketones (excluding diaryl/α,β-unsaturated/α-hetero) is 1. The minimum Gasteiger partial charge on any atom is -0.507 e. The second-order valence-electron chi connectivity index (χ2n) is 8.98. The summed E-state index contributed by atoms with van der Waals surface area (Å²) < 4.78 is 22.1. The Bertz CT molecular complexity index is 1320. The van der Waals surface area contributed by atoms with E-state index in [0.29, 0.717) is 54.6 Å². The van der Waals surface area contributed by atoms with Crippen molar-refractivity contribution in [3.8, 4) is 17.2 Å². The average Bonchev–Trinajstić information content (AvgIpc) is 3.22. The summed E-state index contributed by atoms with van der Waals surface area (Å²) in [6.07, 6.45) is 0.529. The van der Waals surface area contributed by atoms with E-state index in [2.05, 4.69) is 0 Å². The van der Waals surface area contributed by atoms with Crippen molar-refractivity contribution in [1.82, 2.24) is 4.90 Å². The van der Waals surface area contributed by atoms with Crippen LogP contribution in [0, 0.1) is 0 Å². The van der Waals surface area contributed by atoms with E-state index in [0.717, 1.165) is 5.56 Å². The molecule has 4 rings (SSSR count). The number of aliphatic hydroxyl groups is 1. The predicted octanol–water partition coefficient (Wildman–Crippen LogP) is 5.13. The monoisotopic (exact) mass is 531 g/mol. The average molecular weight is 532 g/mol. The number of carbonyl (C=O) groups is 2. The highest BCUT2D eigenvalue weighted by molar-refractivity contribution is 6.46. The Morgan fingerprint density at radius 3 is 2.33 bits per heavy atom. The van der Waals surface area contributed by atoms with E-state index in [1.54, 1.807) is 49.6 Å². The molecular weight excluding hydrogens is 498 g/mol. The zero-order valence-electron chi connectivity index (χ0n) is 22.4. The largest absolute Gasteiger partial charge is 0.507 e. The third kappa shape index (κ3) is 6.23. The second-order valence-corrected chi connectivity index (χ2v) is 8.98. The fourth-order valence-electron chi connectivity index (χ4n) is 4.57. The number of hydrogen-bond donors (Lipinski definition) is 1. The number of ketones is 1. The zero-order valence-corrected chi connectivity index (χ0v) is 22.4. The van der Waals surface area contributed by atoms with Gasteiger partial charge in [-0.2, -0.15) is 0 Å². The van der Waals surface area contributed by atoms with Crippen LogP contribution >= 0.6 is 0 Å². The number of ether oxygens (including phenoxy) is 4. The lowest BCUT2D eigenvalue weighted by Gasteiger charge is -2.26. The number of methoxy groups -OCH3 is 2. The van der Waals surface area contributed by atoms with Crippen LogP contribution in [-0.2, 0) is 20.9 Å². The van der Waals surface area contributed by atoms with E-state index in [9.17, 15) is 14.7 Å². The first-order chi connectivity index (χ1) is 19.0. The molecule has 3 aromatic carbocycles. The molecule has 8 heteroatoms. The lowest BCUT2D eigenvalue weighted by atomic mass is 9.95. The lowest BCUT2D eigenvalue weighted by Crippen LogP contribution is -2.31. The zero-order chi connectivity index (χ0) is 27.8. The highest BCUT2D eigenvalue weighted by atomic mass is 16.5. The fourth-order valence-corrected chi connectivity index (χ4v) is 4.57. The quantitative estimate of drug-likeness (QED) is 0.150. The maximum absolute atomic E-state index is 13.3. The normalized spacial score (nSPS) is 16.4. The molecule has 39 heavy (non-hydrogen) atoms. The first kappa shape index (κ1) is 27.7. The van der Waals surface area contributed by atoms with E-state index in [4.69, 9.17) is 18.9 Å². The summed E-state index contributed by atoms with van der Waals surface area (Å²) >= 11 is 0. The molecule has 1 heterocycles. The van der Waals surface area contributed by atoms with E-state index >= 15 is 0 Å². The Balaban J connectivity index is 1.69. The van der Waals surface area contributed by atoms with Gasteiger partial charge in [0.15, 0.2) is 11.5 Å². The van der Waals surface area contributed by atoms with Gasteiger partial charge in [-0.05, 0) is 60.9 Å². The molecule has 1 amide bonds. The summed E-state index contributed by atoms with van der Waals surface area (Å²) in [7, 11) is 3.11. The van der Waals surface area contributed by atoms with Crippen LogP contribution in [0.2, 0.25) is 0 Å². The van der Waals surface area contributed by atoms with Crippen LogP contribution in [-0.4, -0.2) is 55.7 Å². The molecule has 1 aliphatic heterocycles. The molecule has 1 fully saturated rings. The molecule has 8 nitrogen and oxygen atoms in total. The summed E-state index contributed by atoms with van der Waals surface area (Å²) in [5, 5.41) is 11.4. The summed E-state index contributed by atoms with van der Waals surface area (Å²) in [6.45, 7) is 3.43. The molecular formula is C31H33NO7. The molecule has 1 unspecified atom stereocenters. The SMILES string of the molecule is CCOc1ccc(C2/C(=C(\O)c3ccc(OCc4ccccc4)cc3)C(=O)C(=O)N2CCCOC)cc1OC. The third-order valence-corrected chi connectivity index (χ3v) is 6.47. The maximum Gasteiger partial charge on any atom is 0.295 e. The number of hydrogen-bond acceptors (Lipinski definition) is 7. The molecule has 1 saturated heterocycles. The molecule has 0 aromatic heterocycles. The van der Waals surface area contributed by atoms with Gasteiger partial charge in [0.25, 0.3) is 11.7 Å². The Labute approximate surface area is 228 Å². The molecule has 0 bridgehead atoms. The van der Waals surface area contributed by atoms with Gasteiger partial charge in [-0.1, -0.05) is 36.4 Å². The standard InChI is InChI=1S/C31H33NO7/c1-4-38-25-16-13-23(19-26(25)37-3)28-27(30(34)31(35)32(28)17-8-18-36-2)29(33)22-11-14-24(15-12-22)39-20-21-9-6-5-7-10-21/h5-7,9-16,19,28,33H,4,8,17-18,20H2,1-3H3/b29-27+. The number of rotatable bonds is 12. The smallest absolute Gasteiger partial charge is 0.295 e. The second kappa shape index (κ2) is 13.0. The Kier molecular flexibility index (Phi) is 9.22. The van der Waals surface area contributed by atoms with Gasteiger partial charge in [-0.25, -0.2) is 0 Å². The number of aliphatic hydroxyl groups excluding tert-OH is 1. The van der Waals surface area contributed by atoms with Gasteiger partial charge in [0.05, 0.1) is 25.3 Å². The van der Waals surface area contributed by atoms with E-state index < -0.39 is 17.7 Å². The summed E-state index contributed by atoms with van der Waals surface area (Å²) in [5.74, 6) is -0.0401. The topological polar surface area (TPSA) is 94.5 Å². The third-order valence-electron chi connectivity index (χ3n) is 6.47. The van der Waals surface area contributed by atoms with Crippen molar-refractivity contribution in [2.45, 2.75) is 26.0 Å². The van der Waals surface area contributed by atoms with Gasteiger partial charge >= 0.3 is 0 Å². The van der Waals surface area contributed by atoms with E-state index in [-0.39, 0.29) is 17.9 Å². The predicted molar refractivity (Wildman–Crippen MR) is 147 cm³/mol. The molecule has 1 atom stereocenters. The number of carbonyl (C=O) groups excluding carboxylic acids is 2. The minimum atomic E-state index is -0.805. The molecule has 204 valence electrons. The fraction of sp³-hybridized carbons (Fsp3) is 0.290. The van der Waals surface area contributed by atoms with Gasteiger partial charge in [0.2, 0.25) is 0 Å². The van der Waals surface area contributed by atoms with Crippen LogP contribution in [0.1, 0.15) is 36.1 Å². The van der Waals surface area contributed by atoms with Gasteiger partial charge in [0, 0.05) is 25.8 Å². The van der Waals surface area contributed by atoms with Crippen LogP contribution in [0.4, 0.5) is 0 Å². The number of nitrogens with zero attached hydrogens (tertiary/aromatic N) is 1. The van der Waals surface area contributed by atoms with Crippen LogP contribution in [0.25, 0.3) is 5.76 Å². The van der Waals surface area contributed by atoms with Crippen LogP contribution in [0.3, 0.4) is 0 Å². The number of amides is 1. The van der Waals surface area contributed by atoms with Crippen molar-refractivity contribution in [3.05, 3.63) is 95.1 Å². The van der Waals surface area contributed by atoms with E-state index in [1.165, 1.54) is 12.0 Å². The number of likely N-dealkylation sites (tertiary alicyclic amines) is 1. The highest BCUT2D eigenvalue weighted by Crippen LogP contribution is 2.42. The van der Waals surface area contributed by atoms with E-state index in [1.807, 2.05) is 37.3 Å². The summed E-state index contributed by atoms with van der Waals surface area (Å²) in [4.78, 5) is 27.9. The first-order valence-electron chi connectivity index (χ1n) is 12.8. The molecule has 0 radical (unpaired) electrons. The van der Waals surface area contributed by atoms with Crippen LogP contribution < -0.4 is 14.2 Å². The highest BCUT2D eigenvalue weighted by Gasteiger charge is 2.46. The lowest BCUT2D eigenvalue weighted by molar-refractivity contribution is -0.140.